The molecule has 0 aliphatic carbocycles. The number of carbonyl (C=O) groups is 2. The second kappa shape index (κ2) is 16.7. The van der Waals surface area contributed by atoms with E-state index in [1.165, 1.54) is 42.5 Å². The quantitative estimate of drug-likeness (QED) is 0.0734. The molecule has 0 spiro atoms. The maximum absolute atomic E-state index is 13.6. The number of rotatable bonds is 17. The monoisotopic (exact) mass is 721 g/mol. The Labute approximate surface area is 300 Å². The van der Waals surface area contributed by atoms with Gasteiger partial charge in [-0.05, 0) is 66.3 Å². The first kappa shape index (κ1) is 38.5. The van der Waals surface area contributed by atoms with Crippen molar-refractivity contribution in [2.75, 3.05) is 13.1 Å². The number of fused-ring (bicyclic) bond motifs is 1. The number of aromatic hydroxyl groups is 1. The number of ether oxygens (including phenoxy) is 2. The fourth-order valence-corrected chi connectivity index (χ4v) is 6.74. The van der Waals surface area contributed by atoms with E-state index in [1.807, 2.05) is 18.5 Å². The summed E-state index contributed by atoms with van der Waals surface area (Å²) >= 11 is 0. The van der Waals surface area contributed by atoms with Gasteiger partial charge in [0.1, 0.15) is 29.3 Å². The summed E-state index contributed by atoms with van der Waals surface area (Å²) in [6.07, 6.45) is 2.27. The summed E-state index contributed by atoms with van der Waals surface area (Å²) < 4.78 is 17.3. The molecule has 3 heterocycles. The standard InChI is InChI=1S/C38H47N3O11/c1-3-4-5-6-7-21(2)24(16-22-14-15-40-18-22)19-41-20-38(49)34(45)31(44)33(36(47)48)52-37(38)50-26-12-13-27-28(17-26)51-32(35(39)46)29(30(27)43)23-8-10-25(42)11-9-23/h8-15,17-18,21,24,31,33-34,37,40-42,44-45,49H,3-7,16,19-20H2,1-2H3,(H2,39,46)(H,47,48)/t21-,24-,31+,33-,34-,37+,38+/m0/s1. The van der Waals surface area contributed by atoms with Crippen molar-refractivity contribution in [3.8, 4) is 22.6 Å². The number of aliphatic hydroxyl groups is 3. The number of carbonyl (C=O) groups excluding carboxylic acids is 1. The van der Waals surface area contributed by atoms with Crippen LogP contribution in [0.15, 0.2) is 70.1 Å². The van der Waals surface area contributed by atoms with Gasteiger partial charge in [0.15, 0.2) is 11.7 Å². The molecule has 52 heavy (non-hydrogen) atoms. The van der Waals surface area contributed by atoms with Gasteiger partial charge in [0.25, 0.3) is 5.91 Å². The van der Waals surface area contributed by atoms with E-state index >= 15 is 0 Å². The first-order valence-corrected chi connectivity index (χ1v) is 17.5. The number of aliphatic carboxylic acids is 1. The van der Waals surface area contributed by atoms with Gasteiger partial charge >= 0.3 is 5.97 Å². The summed E-state index contributed by atoms with van der Waals surface area (Å²) in [7, 11) is 0. The third kappa shape index (κ3) is 8.48. The maximum Gasteiger partial charge on any atom is 0.335 e. The van der Waals surface area contributed by atoms with Crippen molar-refractivity contribution in [2.24, 2.45) is 17.6 Å². The van der Waals surface area contributed by atoms with Crippen LogP contribution in [0.4, 0.5) is 0 Å². The minimum absolute atomic E-state index is 0.0399. The number of aromatic amines is 1. The Morgan fingerprint density at radius 3 is 2.50 bits per heavy atom. The number of amides is 1. The van der Waals surface area contributed by atoms with Crippen LogP contribution in [0, 0.1) is 11.8 Å². The Hall–Kier alpha value is -4.73. The summed E-state index contributed by atoms with van der Waals surface area (Å²) in [5, 5.41) is 56.5. The number of benzene rings is 2. The number of carboxylic acid groups (broad SMARTS) is 1. The Kier molecular flexibility index (Phi) is 12.4. The molecule has 2 aromatic heterocycles. The van der Waals surface area contributed by atoms with Crippen LogP contribution < -0.4 is 21.2 Å². The van der Waals surface area contributed by atoms with Gasteiger partial charge in [-0.1, -0.05) is 58.1 Å². The van der Waals surface area contributed by atoms with E-state index in [1.54, 1.807) is 0 Å². The van der Waals surface area contributed by atoms with Crippen molar-refractivity contribution in [3.63, 3.8) is 0 Å². The molecule has 7 atom stereocenters. The second-order valence-electron chi connectivity index (χ2n) is 13.6. The third-order valence-corrected chi connectivity index (χ3v) is 9.85. The molecule has 5 rings (SSSR count). The molecule has 4 aromatic rings. The number of aliphatic hydroxyl groups excluding tert-OH is 2. The summed E-state index contributed by atoms with van der Waals surface area (Å²) in [5.41, 5.74) is 3.79. The van der Waals surface area contributed by atoms with Crippen LogP contribution in [0.2, 0.25) is 0 Å². The zero-order valence-electron chi connectivity index (χ0n) is 29.2. The van der Waals surface area contributed by atoms with Crippen LogP contribution in [0.5, 0.6) is 11.5 Å². The van der Waals surface area contributed by atoms with Gasteiger partial charge in [0.05, 0.1) is 10.9 Å². The Bertz CT molecular complexity index is 1880. The van der Waals surface area contributed by atoms with Crippen LogP contribution in [-0.4, -0.2) is 85.7 Å². The minimum atomic E-state index is -2.36. The van der Waals surface area contributed by atoms with Gasteiger partial charge < -0.3 is 55.5 Å². The minimum Gasteiger partial charge on any atom is -0.508 e. The maximum atomic E-state index is 13.6. The average molecular weight is 722 g/mol. The van der Waals surface area contributed by atoms with Gasteiger partial charge in [-0.15, -0.1) is 0 Å². The lowest BCUT2D eigenvalue weighted by atomic mass is 9.83. The van der Waals surface area contributed by atoms with E-state index in [0.717, 1.165) is 44.1 Å². The highest BCUT2D eigenvalue weighted by Crippen LogP contribution is 2.34. The van der Waals surface area contributed by atoms with E-state index in [2.05, 4.69) is 24.1 Å². The number of carboxylic acids is 1. The van der Waals surface area contributed by atoms with Crippen molar-refractivity contribution >= 4 is 22.8 Å². The largest absolute Gasteiger partial charge is 0.508 e. The molecule has 1 amide bonds. The molecule has 0 radical (unpaired) electrons. The Morgan fingerprint density at radius 2 is 1.85 bits per heavy atom. The molecule has 280 valence electrons. The first-order valence-electron chi connectivity index (χ1n) is 17.5. The van der Waals surface area contributed by atoms with Crippen molar-refractivity contribution in [1.29, 1.82) is 0 Å². The van der Waals surface area contributed by atoms with Gasteiger partial charge in [-0.3, -0.25) is 9.59 Å². The molecular weight excluding hydrogens is 674 g/mol. The molecule has 1 aliphatic rings. The van der Waals surface area contributed by atoms with Crippen LogP contribution in [0.1, 0.15) is 62.1 Å². The number of nitrogens with two attached hydrogens (primary N) is 1. The van der Waals surface area contributed by atoms with Crippen LogP contribution in [-0.2, 0) is 16.0 Å². The highest BCUT2D eigenvalue weighted by molar-refractivity contribution is 5.99. The number of nitrogens with one attached hydrogen (secondary N) is 2. The zero-order chi connectivity index (χ0) is 37.6. The molecule has 0 bridgehead atoms. The van der Waals surface area contributed by atoms with Gasteiger partial charge in [0, 0.05) is 25.0 Å². The molecule has 14 heteroatoms. The van der Waals surface area contributed by atoms with Crippen molar-refractivity contribution in [3.05, 3.63) is 82.5 Å². The second-order valence-corrected chi connectivity index (χ2v) is 13.6. The van der Waals surface area contributed by atoms with Crippen molar-refractivity contribution in [1.82, 2.24) is 10.3 Å². The van der Waals surface area contributed by atoms with E-state index in [4.69, 9.17) is 19.6 Å². The van der Waals surface area contributed by atoms with Gasteiger partial charge in [0.2, 0.25) is 17.5 Å². The fourth-order valence-electron chi connectivity index (χ4n) is 6.74. The molecular formula is C38H47N3O11. The molecule has 9 N–H and O–H groups in total. The van der Waals surface area contributed by atoms with E-state index in [0.29, 0.717) is 12.5 Å². The fraction of sp³-hybridized carbons (Fsp3) is 0.447. The van der Waals surface area contributed by atoms with Crippen molar-refractivity contribution in [2.45, 2.75) is 82.6 Å². The number of phenols is 1. The average Bonchev–Trinajstić information content (AvgIpc) is 3.63. The Balaban J connectivity index is 1.41. The van der Waals surface area contributed by atoms with Crippen molar-refractivity contribution < 1.29 is 49.0 Å². The number of hydrogen-bond donors (Lipinski definition) is 8. The highest BCUT2D eigenvalue weighted by atomic mass is 16.7. The van der Waals surface area contributed by atoms with Gasteiger partial charge in [-0.25, -0.2) is 4.79 Å². The number of primary amides is 1. The number of unbranched alkanes of at least 4 members (excludes halogenated alkanes) is 3. The summed E-state index contributed by atoms with van der Waals surface area (Å²) in [6.45, 7) is 4.41. The number of H-pyrrole nitrogens is 1. The van der Waals surface area contributed by atoms with Gasteiger partial charge in [-0.2, -0.15) is 0 Å². The van der Waals surface area contributed by atoms with E-state index < -0.39 is 53.3 Å². The third-order valence-electron chi connectivity index (χ3n) is 9.85. The summed E-state index contributed by atoms with van der Waals surface area (Å²) in [6, 6.07) is 11.5. The lowest BCUT2D eigenvalue weighted by molar-refractivity contribution is -0.311. The number of hydrogen-bond acceptors (Lipinski definition) is 11. The SMILES string of the molecule is CCCCCC[C@H](C)[C@H](CNC[C@]1(O)[C@H](Oc2ccc3c(=O)c(-c4ccc(O)cc4)c(C(N)=O)oc3c2)O[C@H](C(=O)O)[C@@H](O)[C@@H]1O)Cc1cc[nH]c1. The Morgan fingerprint density at radius 1 is 1.10 bits per heavy atom. The molecule has 1 saturated heterocycles. The molecule has 0 saturated carbocycles. The number of aromatic nitrogens is 1. The normalized spacial score (nSPS) is 22.9. The molecule has 2 aromatic carbocycles. The topological polar surface area (TPSA) is 238 Å². The lowest BCUT2D eigenvalue weighted by Crippen LogP contribution is -2.71. The van der Waals surface area contributed by atoms with E-state index in [-0.39, 0.29) is 46.1 Å². The molecule has 1 aliphatic heterocycles. The molecule has 1 fully saturated rings. The molecule has 14 nitrogen and oxygen atoms in total. The predicted octanol–water partition coefficient (Wildman–Crippen LogP) is 3.29. The van der Waals surface area contributed by atoms with Crippen LogP contribution in [0.25, 0.3) is 22.1 Å². The van der Waals surface area contributed by atoms with E-state index in [9.17, 15) is 39.9 Å². The summed E-state index contributed by atoms with van der Waals surface area (Å²) in [4.78, 5) is 41.1. The first-order chi connectivity index (χ1) is 24.8. The summed E-state index contributed by atoms with van der Waals surface area (Å²) in [5.74, 6) is -2.76. The lowest BCUT2D eigenvalue weighted by Gasteiger charge is -2.47. The highest BCUT2D eigenvalue weighted by Gasteiger charge is 2.58. The smallest absolute Gasteiger partial charge is 0.335 e. The van der Waals surface area contributed by atoms with Crippen LogP contribution >= 0.6 is 0 Å². The zero-order valence-corrected chi connectivity index (χ0v) is 29.2. The number of phenolic OH excluding ortho intramolecular Hbond substituents is 1. The van der Waals surface area contributed by atoms with Crippen LogP contribution in [0.3, 0.4) is 0 Å². The predicted molar refractivity (Wildman–Crippen MR) is 191 cm³/mol. The molecule has 0 unspecified atom stereocenters.